The van der Waals surface area contributed by atoms with Gasteiger partial charge in [0.1, 0.15) is 6.04 Å². The lowest BCUT2D eigenvalue weighted by Gasteiger charge is -2.18. The standard InChI is InChI=1S/C16H19N3O4/c1-22-15(20)8-14(16(21)23-2)19-13-7-11(18)6-9-5-10(17)3-4-12(9)13/h3-7,14,19H,8,17-18H2,1-2H3/t14-/m0/s1. The first-order valence-electron chi connectivity index (χ1n) is 6.94. The van der Waals surface area contributed by atoms with Gasteiger partial charge in [-0.1, -0.05) is 6.07 Å². The number of benzene rings is 2. The number of rotatable bonds is 5. The SMILES string of the molecule is COC(=O)C[C@H](Nc1cc(N)cc2cc(N)ccc12)C(=O)OC. The van der Waals surface area contributed by atoms with E-state index >= 15 is 0 Å². The highest BCUT2D eigenvalue weighted by Crippen LogP contribution is 2.29. The molecule has 0 aliphatic carbocycles. The molecule has 2 aromatic rings. The van der Waals surface area contributed by atoms with E-state index in [0.717, 1.165) is 10.8 Å². The van der Waals surface area contributed by atoms with Gasteiger partial charge in [0.05, 0.1) is 20.6 Å². The molecule has 0 heterocycles. The Labute approximate surface area is 133 Å². The van der Waals surface area contributed by atoms with Crippen LogP contribution in [0.2, 0.25) is 0 Å². The number of anilines is 3. The molecule has 0 bridgehead atoms. The molecule has 0 saturated heterocycles. The van der Waals surface area contributed by atoms with Gasteiger partial charge >= 0.3 is 11.9 Å². The highest BCUT2D eigenvalue weighted by atomic mass is 16.5. The molecule has 5 N–H and O–H groups in total. The minimum absolute atomic E-state index is 0.158. The molecule has 0 aliphatic rings. The number of hydrogen-bond acceptors (Lipinski definition) is 7. The van der Waals surface area contributed by atoms with Crippen LogP contribution in [0.4, 0.5) is 17.1 Å². The summed E-state index contributed by atoms with van der Waals surface area (Å²) in [6.07, 6.45) is -0.158. The lowest BCUT2D eigenvalue weighted by atomic mass is 10.1. The molecular weight excluding hydrogens is 298 g/mol. The minimum atomic E-state index is -0.880. The van der Waals surface area contributed by atoms with Gasteiger partial charge in [-0.3, -0.25) is 4.79 Å². The van der Waals surface area contributed by atoms with Gasteiger partial charge in [-0.15, -0.1) is 0 Å². The van der Waals surface area contributed by atoms with Gasteiger partial charge in [0.2, 0.25) is 0 Å². The lowest BCUT2D eigenvalue weighted by molar-refractivity contribution is -0.148. The van der Waals surface area contributed by atoms with Crippen molar-refractivity contribution < 1.29 is 19.1 Å². The molecule has 23 heavy (non-hydrogen) atoms. The van der Waals surface area contributed by atoms with E-state index in [1.807, 2.05) is 6.07 Å². The van der Waals surface area contributed by atoms with E-state index in [1.165, 1.54) is 14.2 Å². The van der Waals surface area contributed by atoms with Crippen molar-refractivity contribution in [3.8, 4) is 0 Å². The van der Waals surface area contributed by atoms with E-state index in [-0.39, 0.29) is 6.42 Å². The lowest BCUT2D eigenvalue weighted by Crippen LogP contribution is -2.33. The summed E-state index contributed by atoms with van der Waals surface area (Å²) in [4.78, 5) is 23.4. The first-order chi connectivity index (χ1) is 10.9. The Bertz CT molecular complexity index is 740. The third-order valence-electron chi connectivity index (χ3n) is 3.41. The van der Waals surface area contributed by atoms with Gasteiger partial charge in [-0.2, -0.15) is 0 Å². The maximum atomic E-state index is 11.9. The zero-order valence-electron chi connectivity index (χ0n) is 13.0. The van der Waals surface area contributed by atoms with E-state index in [2.05, 4.69) is 10.1 Å². The maximum Gasteiger partial charge on any atom is 0.328 e. The summed E-state index contributed by atoms with van der Waals surface area (Å²) in [5.74, 6) is -1.09. The molecule has 0 saturated carbocycles. The van der Waals surface area contributed by atoms with E-state index in [4.69, 9.17) is 16.2 Å². The second-order valence-electron chi connectivity index (χ2n) is 5.05. The molecule has 7 heteroatoms. The summed E-state index contributed by atoms with van der Waals surface area (Å²) < 4.78 is 9.34. The van der Waals surface area contributed by atoms with Gasteiger partial charge in [-0.05, 0) is 29.7 Å². The maximum absolute atomic E-state index is 11.9. The zero-order valence-corrected chi connectivity index (χ0v) is 13.0. The second kappa shape index (κ2) is 6.87. The second-order valence-corrected chi connectivity index (χ2v) is 5.05. The first-order valence-corrected chi connectivity index (χ1v) is 6.94. The number of nitrogens with two attached hydrogens (primary N) is 2. The normalized spacial score (nSPS) is 11.7. The van der Waals surface area contributed by atoms with Crippen LogP contribution in [-0.2, 0) is 19.1 Å². The Morgan fingerprint density at radius 2 is 1.78 bits per heavy atom. The molecule has 2 aromatic carbocycles. The number of hydrogen-bond donors (Lipinski definition) is 3. The van der Waals surface area contributed by atoms with Crippen molar-refractivity contribution >= 4 is 39.8 Å². The summed E-state index contributed by atoms with van der Waals surface area (Å²) in [5, 5.41) is 4.66. The Hall–Kier alpha value is -2.96. The Balaban J connectivity index is 2.41. The van der Waals surface area contributed by atoms with Crippen LogP contribution in [0.3, 0.4) is 0 Å². The van der Waals surface area contributed by atoms with E-state index in [9.17, 15) is 9.59 Å². The molecule has 122 valence electrons. The predicted molar refractivity (Wildman–Crippen MR) is 88.8 cm³/mol. The molecule has 0 unspecified atom stereocenters. The number of methoxy groups -OCH3 is 2. The summed E-state index contributed by atoms with van der Waals surface area (Å²) >= 11 is 0. The number of ether oxygens (including phenoxy) is 2. The van der Waals surface area contributed by atoms with Crippen molar-refractivity contribution in [3.05, 3.63) is 30.3 Å². The fourth-order valence-corrected chi connectivity index (χ4v) is 2.30. The van der Waals surface area contributed by atoms with Crippen LogP contribution < -0.4 is 16.8 Å². The number of fused-ring (bicyclic) bond motifs is 1. The molecule has 7 nitrogen and oxygen atoms in total. The first kappa shape index (κ1) is 16.4. The number of nitrogen functional groups attached to an aromatic ring is 2. The predicted octanol–water partition coefficient (Wildman–Crippen LogP) is 1.52. The van der Waals surface area contributed by atoms with Crippen molar-refractivity contribution in [2.45, 2.75) is 12.5 Å². The smallest absolute Gasteiger partial charge is 0.328 e. The van der Waals surface area contributed by atoms with Gasteiger partial charge in [0.25, 0.3) is 0 Å². The molecular formula is C16H19N3O4. The summed E-state index contributed by atoms with van der Waals surface area (Å²) in [5.41, 5.74) is 13.4. The van der Waals surface area contributed by atoms with Crippen LogP contribution in [0.25, 0.3) is 10.8 Å². The Morgan fingerprint density at radius 1 is 1.09 bits per heavy atom. The third kappa shape index (κ3) is 3.82. The highest BCUT2D eigenvalue weighted by molar-refractivity contribution is 5.99. The fraction of sp³-hybridized carbons (Fsp3) is 0.250. The summed E-state index contributed by atoms with van der Waals surface area (Å²) in [6.45, 7) is 0. The molecule has 2 rings (SSSR count). The van der Waals surface area contributed by atoms with Gasteiger partial charge in [-0.25, -0.2) is 4.79 Å². The van der Waals surface area contributed by atoms with E-state index < -0.39 is 18.0 Å². The number of nitrogens with one attached hydrogen (secondary N) is 1. The average molecular weight is 317 g/mol. The van der Waals surface area contributed by atoms with Crippen molar-refractivity contribution in [2.75, 3.05) is 31.0 Å². The van der Waals surface area contributed by atoms with Crippen LogP contribution in [0, 0.1) is 0 Å². The number of carbonyl (C=O) groups excluding carboxylic acids is 2. The van der Waals surface area contributed by atoms with Gasteiger partial charge < -0.3 is 26.3 Å². The van der Waals surface area contributed by atoms with Crippen LogP contribution in [0.5, 0.6) is 0 Å². The van der Waals surface area contributed by atoms with Crippen LogP contribution in [-0.4, -0.2) is 32.2 Å². The minimum Gasteiger partial charge on any atom is -0.469 e. The molecule has 0 fully saturated rings. The molecule has 0 aromatic heterocycles. The van der Waals surface area contributed by atoms with Crippen LogP contribution in [0.15, 0.2) is 30.3 Å². The van der Waals surface area contributed by atoms with Crippen molar-refractivity contribution in [1.29, 1.82) is 0 Å². The van der Waals surface area contributed by atoms with Gasteiger partial charge in [0.15, 0.2) is 0 Å². The largest absolute Gasteiger partial charge is 0.469 e. The van der Waals surface area contributed by atoms with Crippen LogP contribution >= 0.6 is 0 Å². The summed E-state index contributed by atoms with van der Waals surface area (Å²) in [7, 11) is 2.52. The molecule has 0 spiro atoms. The van der Waals surface area contributed by atoms with Gasteiger partial charge in [0, 0.05) is 22.4 Å². The monoisotopic (exact) mass is 317 g/mol. The Morgan fingerprint density at radius 3 is 2.43 bits per heavy atom. The zero-order chi connectivity index (χ0) is 17.0. The molecule has 0 aliphatic heterocycles. The van der Waals surface area contributed by atoms with Crippen molar-refractivity contribution in [1.82, 2.24) is 0 Å². The van der Waals surface area contributed by atoms with E-state index in [1.54, 1.807) is 24.3 Å². The van der Waals surface area contributed by atoms with Crippen molar-refractivity contribution in [2.24, 2.45) is 0 Å². The number of carbonyl (C=O) groups is 2. The molecule has 0 amide bonds. The quantitative estimate of drug-likeness (QED) is 0.565. The fourth-order valence-electron chi connectivity index (χ4n) is 2.30. The van der Waals surface area contributed by atoms with E-state index in [0.29, 0.717) is 17.1 Å². The van der Waals surface area contributed by atoms with Crippen LogP contribution in [0.1, 0.15) is 6.42 Å². The third-order valence-corrected chi connectivity index (χ3v) is 3.41. The molecule has 0 radical (unpaired) electrons. The highest BCUT2D eigenvalue weighted by Gasteiger charge is 2.23. The topological polar surface area (TPSA) is 117 Å². The molecule has 1 atom stereocenters. The average Bonchev–Trinajstić information content (AvgIpc) is 2.52. The summed E-state index contributed by atoms with van der Waals surface area (Å²) in [6, 6.07) is 7.94. The van der Waals surface area contributed by atoms with Crippen molar-refractivity contribution in [3.63, 3.8) is 0 Å². The number of esters is 2. The Kier molecular flexibility index (Phi) is 4.90.